The van der Waals surface area contributed by atoms with Crippen LogP contribution in [0.2, 0.25) is 0 Å². The van der Waals surface area contributed by atoms with Gasteiger partial charge in [0.15, 0.2) is 0 Å². The Labute approximate surface area is 146 Å². The zero-order chi connectivity index (χ0) is 16.8. The fourth-order valence-electron chi connectivity index (χ4n) is 3.75. The lowest BCUT2D eigenvalue weighted by atomic mass is 10.0. The van der Waals surface area contributed by atoms with E-state index < -0.39 is 0 Å². The lowest BCUT2D eigenvalue weighted by molar-refractivity contribution is 0.217. The minimum absolute atomic E-state index is 0.622. The van der Waals surface area contributed by atoms with Crippen LogP contribution >= 0.6 is 0 Å². The van der Waals surface area contributed by atoms with Crippen LogP contribution in [0.5, 0.6) is 0 Å². The first-order valence-electron chi connectivity index (χ1n) is 9.30. The normalized spacial score (nSPS) is 16.2. The van der Waals surface area contributed by atoms with Crippen molar-refractivity contribution in [1.82, 2.24) is 4.90 Å². The van der Waals surface area contributed by atoms with Gasteiger partial charge < -0.3 is 10.2 Å². The van der Waals surface area contributed by atoms with E-state index in [4.69, 9.17) is 0 Å². The summed E-state index contributed by atoms with van der Waals surface area (Å²) in [5.41, 5.74) is 5.44. The molecule has 1 fully saturated rings. The monoisotopic (exact) mass is 322 g/mol. The molecule has 2 heteroatoms. The Morgan fingerprint density at radius 3 is 2.29 bits per heavy atom. The molecule has 0 bridgehead atoms. The Balaban J connectivity index is 1.39. The predicted molar refractivity (Wildman–Crippen MR) is 104 cm³/mol. The SMILES string of the molecule is Cc1cc(C)cc(NC2CCN(CCCc3ccccc3)CC2)c1. The highest BCUT2D eigenvalue weighted by atomic mass is 15.1. The number of piperidine rings is 1. The van der Waals surface area contributed by atoms with Gasteiger partial charge >= 0.3 is 0 Å². The molecule has 2 nitrogen and oxygen atoms in total. The molecule has 0 aliphatic carbocycles. The van der Waals surface area contributed by atoms with E-state index in [-0.39, 0.29) is 0 Å². The Morgan fingerprint density at radius 1 is 0.958 bits per heavy atom. The van der Waals surface area contributed by atoms with Gasteiger partial charge in [-0.05, 0) is 74.9 Å². The van der Waals surface area contributed by atoms with E-state index in [2.05, 4.69) is 72.6 Å². The van der Waals surface area contributed by atoms with Crippen molar-refractivity contribution in [3.05, 3.63) is 65.2 Å². The fraction of sp³-hybridized carbons (Fsp3) is 0.455. The molecule has 1 aliphatic heterocycles. The largest absolute Gasteiger partial charge is 0.382 e. The topological polar surface area (TPSA) is 15.3 Å². The van der Waals surface area contributed by atoms with Gasteiger partial charge in [0.2, 0.25) is 0 Å². The summed E-state index contributed by atoms with van der Waals surface area (Å²) >= 11 is 0. The Kier molecular flexibility index (Phi) is 5.92. The van der Waals surface area contributed by atoms with Crippen LogP contribution in [-0.4, -0.2) is 30.6 Å². The van der Waals surface area contributed by atoms with Crippen molar-refractivity contribution in [3.8, 4) is 0 Å². The molecule has 2 aromatic rings. The maximum atomic E-state index is 3.74. The number of hydrogen-bond acceptors (Lipinski definition) is 2. The van der Waals surface area contributed by atoms with Crippen LogP contribution in [0.15, 0.2) is 48.5 Å². The van der Waals surface area contributed by atoms with E-state index in [9.17, 15) is 0 Å². The van der Waals surface area contributed by atoms with Gasteiger partial charge in [-0.1, -0.05) is 36.4 Å². The Morgan fingerprint density at radius 2 is 1.62 bits per heavy atom. The molecular formula is C22H30N2. The van der Waals surface area contributed by atoms with Gasteiger partial charge in [-0.2, -0.15) is 0 Å². The third-order valence-electron chi connectivity index (χ3n) is 4.96. The van der Waals surface area contributed by atoms with Crippen molar-refractivity contribution in [3.63, 3.8) is 0 Å². The van der Waals surface area contributed by atoms with Gasteiger partial charge in [-0.3, -0.25) is 0 Å². The molecule has 24 heavy (non-hydrogen) atoms. The number of hydrogen-bond donors (Lipinski definition) is 1. The average Bonchev–Trinajstić information content (AvgIpc) is 2.56. The van der Waals surface area contributed by atoms with Crippen molar-refractivity contribution < 1.29 is 0 Å². The van der Waals surface area contributed by atoms with E-state index in [1.54, 1.807) is 0 Å². The van der Waals surface area contributed by atoms with E-state index in [1.165, 1.54) is 67.7 Å². The first kappa shape index (κ1) is 17.0. The van der Waals surface area contributed by atoms with Crippen LogP contribution < -0.4 is 5.32 Å². The lowest BCUT2D eigenvalue weighted by Gasteiger charge is -2.33. The molecule has 1 saturated heterocycles. The van der Waals surface area contributed by atoms with Crippen LogP contribution in [0.4, 0.5) is 5.69 Å². The highest BCUT2D eigenvalue weighted by Gasteiger charge is 2.18. The van der Waals surface area contributed by atoms with Crippen molar-refractivity contribution in [2.75, 3.05) is 25.0 Å². The number of benzene rings is 2. The summed E-state index contributed by atoms with van der Waals surface area (Å²) in [6, 6.07) is 18.2. The van der Waals surface area contributed by atoms with E-state index >= 15 is 0 Å². The molecule has 0 radical (unpaired) electrons. The molecule has 0 spiro atoms. The molecule has 128 valence electrons. The third-order valence-corrected chi connectivity index (χ3v) is 4.96. The second kappa shape index (κ2) is 8.34. The smallest absolute Gasteiger partial charge is 0.0347 e. The molecule has 0 unspecified atom stereocenters. The van der Waals surface area contributed by atoms with Gasteiger partial charge in [0, 0.05) is 24.8 Å². The van der Waals surface area contributed by atoms with Gasteiger partial charge in [-0.15, -0.1) is 0 Å². The summed E-state index contributed by atoms with van der Waals surface area (Å²) in [4.78, 5) is 2.63. The van der Waals surface area contributed by atoms with Gasteiger partial charge in [0.25, 0.3) is 0 Å². The summed E-state index contributed by atoms with van der Waals surface area (Å²) in [5, 5.41) is 3.74. The van der Waals surface area contributed by atoms with Crippen molar-refractivity contribution in [1.29, 1.82) is 0 Å². The summed E-state index contributed by atoms with van der Waals surface area (Å²) in [5.74, 6) is 0. The molecule has 3 rings (SSSR count). The second-order valence-electron chi connectivity index (χ2n) is 7.23. The summed E-state index contributed by atoms with van der Waals surface area (Å²) in [6.45, 7) is 8.01. The van der Waals surface area contributed by atoms with Gasteiger partial charge in [0.05, 0.1) is 0 Å². The molecule has 1 aliphatic rings. The second-order valence-corrected chi connectivity index (χ2v) is 7.23. The molecule has 0 saturated carbocycles. The number of aryl methyl sites for hydroxylation is 3. The maximum Gasteiger partial charge on any atom is 0.0347 e. The molecule has 0 amide bonds. The molecule has 0 aromatic heterocycles. The van der Waals surface area contributed by atoms with Crippen molar-refractivity contribution in [2.45, 2.75) is 45.6 Å². The maximum absolute atomic E-state index is 3.74. The van der Waals surface area contributed by atoms with Crippen LogP contribution in [-0.2, 0) is 6.42 Å². The zero-order valence-corrected chi connectivity index (χ0v) is 15.1. The number of nitrogens with one attached hydrogen (secondary N) is 1. The van der Waals surface area contributed by atoms with E-state index in [0.717, 1.165) is 0 Å². The summed E-state index contributed by atoms with van der Waals surface area (Å²) in [6.07, 6.45) is 4.96. The lowest BCUT2D eigenvalue weighted by Crippen LogP contribution is -2.39. The third kappa shape index (κ3) is 5.10. The highest BCUT2D eigenvalue weighted by molar-refractivity contribution is 5.49. The predicted octanol–water partition coefficient (Wildman–Crippen LogP) is 4.81. The molecule has 1 N–H and O–H groups in total. The van der Waals surface area contributed by atoms with Crippen LogP contribution in [0.1, 0.15) is 36.0 Å². The number of likely N-dealkylation sites (tertiary alicyclic amines) is 1. The molecule has 1 heterocycles. The van der Waals surface area contributed by atoms with E-state index in [1.807, 2.05) is 0 Å². The average molecular weight is 322 g/mol. The number of nitrogens with zero attached hydrogens (tertiary/aromatic N) is 1. The molecular weight excluding hydrogens is 292 g/mol. The van der Waals surface area contributed by atoms with Crippen molar-refractivity contribution >= 4 is 5.69 Å². The minimum atomic E-state index is 0.622. The highest BCUT2D eigenvalue weighted by Crippen LogP contribution is 2.19. The standard InChI is InChI=1S/C22H30N2/c1-18-15-19(2)17-22(16-18)23-21-10-13-24(14-11-21)12-6-9-20-7-4-3-5-8-20/h3-5,7-8,15-17,21,23H,6,9-14H2,1-2H3. The number of anilines is 1. The van der Waals surface area contributed by atoms with Crippen LogP contribution in [0, 0.1) is 13.8 Å². The van der Waals surface area contributed by atoms with Crippen molar-refractivity contribution in [2.24, 2.45) is 0 Å². The first-order valence-corrected chi connectivity index (χ1v) is 9.30. The van der Waals surface area contributed by atoms with Gasteiger partial charge in [-0.25, -0.2) is 0 Å². The van der Waals surface area contributed by atoms with Gasteiger partial charge in [0.1, 0.15) is 0 Å². The number of rotatable bonds is 6. The molecule has 2 aromatic carbocycles. The Hall–Kier alpha value is -1.80. The van der Waals surface area contributed by atoms with E-state index in [0.29, 0.717) is 6.04 Å². The summed E-state index contributed by atoms with van der Waals surface area (Å²) in [7, 11) is 0. The van der Waals surface area contributed by atoms with Crippen LogP contribution in [0.25, 0.3) is 0 Å². The Bertz CT molecular complexity index is 607. The fourth-order valence-corrected chi connectivity index (χ4v) is 3.75. The quantitative estimate of drug-likeness (QED) is 0.821. The van der Waals surface area contributed by atoms with Crippen LogP contribution in [0.3, 0.4) is 0 Å². The first-order chi connectivity index (χ1) is 11.7. The summed E-state index contributed by atoms with van der Waals surface area (Å²) < 4.78 is 0. The molecule has 0 atom stereocenters. The minimum Gasteiger partial charge on any atom is -0.382 e. The zero-order valence-electron chi connectivity index (χ0n) is 15.1.